The van der Waals surface area contributed by atoms with Gasteiger partial charge in [-0.2, -0.15) is 5.10 Å². The second kappa shape index (κ2) is 14.0. The number of methoxy groups -OCH3 is 1. The first-order valence-corrected chi connectivity index (χ1v) is 14.6. The summed E-state index contributed by atoms with van der Waals surface area (Å²) in [7, 11) is 1.45. The van der Waals surface area contributed by atoms with Crippen LogP contribution >= 0.6 is 11.6 Å². The molecule has 11 nitrogen and oxygen atoms in total. The van der Waals surface area contributed by atoms with Crippen LogP contribution in [0.25, 0.3) is 10.9 Å². The number of esters is 1. The molecule has 5 rings (SSSR count). The summed E-state index contributed by atoms with van der Waals surface area (Å²) in [4.78, 5) is 37.4. The number of benzene rings is 3. The third-order valence-corrected chi connectivity index (χ3v) is 7.37. The quantitative estimate of drug-likeness (QED) is 0.121. The number of rotatable bonds is 11. The number of amides is 3. The molecule has 2 heterocycles. The van der Waals surface area contributed by atoms with E-state index in [1.165, 1.54) is 7.11 Å². The fourth-order valence-electron chi connectivity index (χ4n) is 5.05. The molecule has 4 aromatic rings. The number of allylic oxidation sites excluding steroid dienone is 1. The number of nitrogens with zero attached hydrogens (tertiary/aromatic N) is 2. The van der Waals surface area contributed by atoms with Gasteiger partial charge >= 0.3 is 12.0 Å². The van der Waals surface area contributed by atoms with Crippen LogP contribution in [0.3, 0.4) is 0 Å². The van der Waals surface area contributed by atoms with E-state index in [0.717, 1.165) is 22.0 Å². The maximum atomic E-state index is 12.6. The van der Waals surface area contributed by atoms with Crippen molar-refractivity contribution < 1.29 is 28.6 Å². The van der Waals surface area contributed by atoms with E-state index in [1.807, 2.05) is 54.7 Å². The standard InChI is InChI=1S/C33H32ClN5O6/c1-4-44-32(41)30-20(2)36-33(42)37-31(30)22-11-14-27(28(15-22)43-3)45-19-29(40)38-35-16-23-18-39(26-8-6-5-7-25(23)26)17-21-9-12-24(34)13-10-21/h5-16,18,31H,4,17,19H2,1-3H3,(H,38,40)(H2,36,37,42)/b35-16-/t31-/m0/s1. The van der Waals surface area contributed by atoms with Crippen LogP contribution < -0.4 is 25.5 Å². The highest BCUT2D eigenvalue weighted by atomic mass is 35.5. The van der Waals surface area contributed by atoms with Crippen LogP contribution in [-0.2, 0) is 20.9 Å². The number of hydrogen-bond acceptors (Lipinski definition) is 7. The number of hydrazone groups is 1. The second-order valence-electron chi connectivity index (χ2n) is 10.1. The molecule has 0 spiro atoms. The van der Waals surface area contributed by atoms with Crippen LogP contribution in [0.4, 0.5) is 4.79 Å². The third kappa shape index (κ3) is 7.27. The lowest BCUT2D eigenvalue weighted by molar-refractivity contribution is -0.139. The highest BCUT2D eigenvalue weighted by Gasteiger charge is 2.32. The van der Waals surface area contributed by atoms with Gasteiger partial charge in [-0.05, 0) is 55.3 Å². The molecule has 3 amide bonds. The SMILES string of the molecule is CCOC(=O)C1=C(C)NC(=O)N[C@H]1c1ccc(OCC(=O)N/N=C\c2cn(Cc3ccc(Cl)cc3)c3ccccc23)c(OC)c1. The molecule has 0 aliphatic carbocycles. The summed E-state index contributed by atoms with van der Waals surface area (Å²) in [5, 5.41) is 11.2. The lowest BCUT2D eigenvalue weighted by atomic mass is 9.95. The lowest BCUT2D eigenvalue weighted by Gasteiger charge is -2.28. The largest absolute Gasteiger partial charge is 0.493 e. The molecule has 1 aliphatic rings. The van der Waals surface area contributed by atoms with Gasteiger partial charge in [-0.15, -0.1) is 0 Å². The van der Waals surface area contributed by atoms with Crippen molar-refractivity contribution in [3.63, 3.8) is 0 Å². The molecule has 3 aromatic carbocycles. The number of carbonyl (C=O) groups is 3. The third-order valence-electron chi connectivity index (χ3n) is 7.12. The van der Waals surface area contributed by atoms with Gasteiger partial charge in [0.05, 0.1) is 31.5 Å². The van der Waals surface area contributed by atoms with Gasteiger partial charge in [0.25, 0.3) is 5.91 Å². The number of hydrogen-bond donors (Lipinski definition) is 3. The molecule has 12 heteroatoms. The molecular weight excluding hydrogens is 598 g/mol. The molecule has 0 bridgehead atoms. The minimum absolute atomic E-state index is 0.187. The van der Waals surface area contributed by atoms with E-state index in [-0.39, 0.29) is 18.8 Å². The number of para-hydroxylation sites is 1. The Hall–Kier alpha value is -5.29. The summed E-state index contributed by atoms with van der Waals surface area (Å²) in [6, 6.07) is 19.3. The minimum Gasteiger partial charge on any atom is -0.493 e. The van der Waals surface area contributed by atoms with Crippen molar-refractivity contribution in [3.8, 4) is 11.5 Å². The Bertz CT molecular complexity index is 1800. The van der Waals surface area contributed by atoms with Crippen molar-refractivity contribution in [1.82, 2.24) is 20.6 Å². The van der Waals surface area contributed by atoms with E-state index in [1.54, 1.807) is 38.3 Å². The molecule has 45 heavy (non-hydrogen) atoms. The zero-order valence-corrected chi connectivity index (χ0v) is 25.7. The van der Waals surface area contributed by atoms with Crippen molar-refractivity contribution in [2.75, 3.05) is 20.3 Å². The average Bonchev–Trinajstić information content (AvgIpc) is 3.37. The van der Waals surface area contributed by atoms with Crippen LogP contribution in [0, 0.1) is 0 Å². The maximum Gasteiger partial charge on any atom is 0.338 e. The van der Waals surface area contributed by atoms with Gasteiger partial charge in [-0.25, -0.2) is 15.0 Å². The first-order valence-electron chi connectivity index (χ1n) is 14.2. The predicted octanol–water partition coefficient (Wildman–Crippen LogP) is 5.07. The van der Waals surface area contributed by atoms with Gasteiger partial charge in [0.15, 0.2) is 18.1 Å². The van der Waals surface area contributed by atoms with Crippen molar-refractivity contribution in [1.29, 1.82) is 0 Å². The molecule has 0 saturated carbocycles. The number of fused-ring (bicyclic) bond motifs is 1. The number of nitrogens with one attached hydrogen (secondary N) is 3. The number of carbonyl (C=O) groups excluding carboxylic acids is 3. The van der Waals surface area contributed by atoms with Crippen molar-refractivity contribution in [3.05, 3.63) is 106 Å². The molecule has 1 aromatic heterocycles. The minimum atomic E-state index is -0.768. The molecule has 0 saturated heterocycles. The normalized spacial score (nSPS) is 14.7. The number of halogens is 1. The zero-order chi connectivity index (χ0) is 31.9. The Morgan fingerprint density at radius 3 is 2.62 bits per heavy atom. The molecular formula is C33H32ClN5O6. The maximum absolute atomic E-state index is 12.6. The highest BCUT2D eigenvalue weighted by molar-refractivity contribution is 6.30. The van der Waals surface area contributed by atoms with Crippen molar-refractivity contribution in [2.45, 2.75) is 26.4 Å². The van der Waals surface area contributed by atoms with Gasteiger partial charge in [0.1, 0.15) is 0 Å². The molecule has 0 unspecified atom stereocenters. The van der Waals surface area contributed by atoms with E-state index in [2.05, 4.69) is 25.7 Å². The Morgan fingerprint density at radius 2 is 1.87 bits per heavy atom. The topological polar surface area (TPSA) is 132 Å². The molecule has 1 aliphatic heterocycles. The Labute approximate surface area is 264 Å². The van der Waals surface area contributed by atoms with E-state index in [0.29, 0.717) is 34.3 Å². The number of ether oxygens (including phenoxy) is 3. The second-order valence-corrected chi connectivity index (χ2v) is 10.6. The first-order chi connectivity index (χ1) is 21.8. The predicted molar refractivity (Wildman–Crippen MR) is 170 cm³/mol. The van der Waals surface area contributed by atoms with Gasteiger partial charge in [-0.3, -0.25) is 4.79 Å². The number of aromatic nitrogens is 1. The van der Waals surface area contributed by atoms with E-state index >= 15 is 0 Å². The molecule has 1 atom stereocenters. The van der Waals surface area contributed by atoms with Crippen molar-refractivity contribution in [2.24, 2.45) is 5.10 Å². The van der Waals surface area contributed by atoms with Crippen molar-refractivity contribution >= 4 is 46.6 Å². The van der Waals surface area contributed by atoms with E-state index in [9.17, 15) is 14.4 Å². The van der Waals surface area contributed by atoms with Gasteiger partial charge in [0.2, 0.25) is 0 Å². The average molecular weight is 630 g/mol. The summed E-state index contributed by atoms with van der Waals surface area (Å²) in [5.74, 6) is -0.415. The smallest absolute Gasteiger partial charge is 0.338 e. The van der Waals surface area contributed by atoms with Crippen LogP contribution in [0.5, 0.6) is 11.5 Å². The lowest BCUT2D eigenvalue weighted by Crippen LogP contribution is -2.45. The van der Waals surface area contributed by atoms with E-state index in [4.69, 9.17) is 25.8 Å². The Kier molecular flexibility index (Phi) is 9.69. The fourth-order valence-corrected chi connectivity index (χ4v) is 5.18. The fraction of sp³-hybridized carbons (Fsp3) is 0.212. The summed E-state index contributed by atoms with van der Waals surface area (Å²) < 4.78 is 18.5. The first kappa shape index (κ1) is 31.1. The molecule has 232 valence electrons. The van der Waals surface area contributed by atoms with Gasteiger partial charge < -0.3 is 29.4 Å². The van der Waals surface area contributed by atoms with Crippen LogP contribution in [0.1, 0.15) is 36.6 Å². The number of urea groups is 1. The van der Waals surface area contributed by atoms with Gasteiger partial charge in [0, 0.05) is 39.9 Å². The highest BCUT2D eigenvalue weighted by Crippen LogP contribution is 2.34. The summed E-state index contributed by atoms with van der Waals surface area (Å²) >= 11 is 6.03. The monoisotopic (exact) mass is 629 g/mol. The van der Waals surface area contributed by atoms with E-state index < -0.39 is 23.9 Å². The Balaban J connectivity index is 1.24. The molecule has 0 radical (unpaired) electrons. The van der Waals surface area contributed by atoms with Crippen LogP contribution in [0.2, 0.25) is 5.02 Å². The van der Waals surface area contributed by atoms with Crippen LogP contribution in [-0.4, -0.2) is 49.0 Å². The van der Waals surface area contributed by atoms with Crippen LogP contribution in [0.15, 0.2) is 89.3 Å². The Morgan fingerprint density at radius 1 is 1.09 bits per heavy atom. The zero-order valence-electron chi connectivity index (χ0n) is 24.9. The summed E-state index contributed by atoms with van der Waals surface area (Å²) in [5.41, 5.74) is 6.71. The molecule has 3 N–H and O–H groups in total. The van der Waals surface area contributed by atoms with Gasteiger partial charge in [-0.1, -0.05) is 48.0 Å². The summed E-state index contributed by atoms with van der Waals surface area (Å²) in [6.07, 6.45) is 3.57. The summed E-state index contributed by atoms with van der Waals surface area (Å²) in [6.45, 7) is 3.84. The molecule has 0 fully saturated rings.